The first-order chi connectivity index (χ1) is 8.70. The molecule has 0 saturated carbocycles. The van der Waals surface area contributed by atoms with Gasteiger partial charge in [-0.15, -0.1) is 0 Å². The SMILES string of the molecule is O=Cc1ccc(-c2ccccc2OCC(F)F)o1. The third kappa shape index (κ3) is 2.74. The Morgan fingerprint density at radius 2 is 2.00 bits per heavy atom. The summed E-state index contributed by atoms with van der Waals surface area (Å²) in [4.78, 5) is 10.5. The molecular formula is C13H10F2O3. The number of alkyl halides is 2. The highest BCUT2D eigenvalue weighted by Crippen LogP contribution is 2.31. The van der Waals surface area contributed by atoms with Crippen molar-refractivity contribution in [3.63, 3.8) is 0 Å². The van der Waals surface area contributed by atoms with Gasteiger partial charge in [0.05, 0.1) is 5.56 Å². The van der Waals surface area contributed by atoms with Gasteiger partial charge in [-0.05, 0) is 24.3 Å². The van der Waals surface area contributed by atoms with Crippen LogP contribution in [0.25, 0.3) is 11.3 Å². The Kier molecular flexibility index (Phi) is 3.72. The summed E-state index contributed by atoms with van der Waals surface area (Å²) in [5.41, 5.74) is 0.534. The summed E-state index contributed by atoms with van der Waals surface area (Å²) >= 11 is 0. The Morgan fingerprint density at radius 1 is 1.22 bits per heavy atom. The van der Waals surface area contributed by atoms with Gasteiger partial charge in [-0.1, -0.05) is 12.1 Å². The van der Waals surface area contributed by atoms with E-state index in [1.165, 1.54) is 6.07 Å². The van der Waals surface area contributed by atoms with Crippen LogP contribution in [0.3, 0.4) is 0 Å². The third-order valence-corrected chi connectivity index (χ3v) is 2.26. The summed E-state index contributed by atoms with van der Waals surface area (Å²) in [5.74, 6) is 0.875. The fourth-order valence-corrected chi connectivity index (χ4v) is 1.51. The van der Waals surface area contributed by atoms with E-state index < -0.39 is 13.0 Å². The van der Waals surface area contributed by atoms with Crippen molar-refractivity contribution in [2.75, 3.05) is 6.61 Å². The number of aldehydes is 1. The highest BCUT2D eigenvalue weighted by atomic mass is 19.3. The van der Waals surface area contributed by atoms with Crippen LogP contribution in [0.2, 0.25) is 0 Å². The zero-order valence-electron chi connectivity index (χ0n) is 9.31. The fraction of sp³-hybridized carbons (Fsp3) is 0.154. The van der Waals surface area contributed by atoms with Crippen molar-refractivity contribution < 1.29 is 22.7 Å². The summed E-state index contributed by atoms with van der Waals surface area (Å²) in [6.45, 7) is -0.682. The van der Waals surface area contributed by atoms with Crippen LogP contribution in [0.4, 0.5) is 8.78 Å². The summed E-state index contributed by atoms with van der Waals surface area (Å²) in [6.07, 6.45) is -1.97. The van der Waals surface area contributed by atoms with Gasteiger partial charge in [0.15, 0.2) is 12.0 Å². The maximum Gasteiger partial charge on any atom is 0.272 e. The highest BCUT2D eigenvalue weighted by molar-refractivity contribution is 5.74. The minimum Gasteiger partial charge on any atom is -0.487 e. The minimum atomic E-state index is -2.54. The Labute approximate surface area is 102 Å². The molecule has 18 heavy (non-hydrogen) atoms. The van der Waals surface area contributed by atoms with E-state index in [4.69, 9.17) is 9.15 Å². The van der Waals surface area contributed by atoms with Crippen LogP contribution in [-0.4, -0.2) is 19.3 Å². The molecule has 5 heteroatoms. The van der Waals surface area contributed by atoms with Crippen molar-refractivity contribution in [3.05, 3.63) is 42.2 Å². The van der Waals surface area contributed by atoms with E-state index in [0.29, 0.717) is 23.4 Å². The number of rotatable bonds is 5. The normalized spacial score (nSPS) is 10.6. The molecule has 0 unspecified atom stereocenters. The molecule has 2 aromatic rings. The number of ether oxygens (including phenoxy) is 1. The average molecular weight is 252 g/mol. The second kappa shape index (κ2) is 5.44. The number of hydrogen-bond donors (Lipinski definition) is 0. The zero-order valence-corrected chi connectivity index (χ0v) is 9.31. The first-order valence-corrected chi connectivity index (χ1v) is 5.26. The van der Waals surface area contributed by atoms with Crippen molar-refractivity contribution in [1.82, 2.24) is 0 Å². The average Bonchev–Trinajstić information content (AvgIpc) is 2.85. The molecule has 3 nitrogen and oxygen atoms in total. The Hall–Kier alpha value is -2.17. The molecule has 2 rings (SSSR count). The molecule has 0 saturated heterocycles. The van der Waals surface area contributed by atoms with Crippen LogP contribution in [0.15, 0.2) is 40.8 Å². The zero-order chi connectivity index (χ0) is 13.0. The summed E-state index contributed by atoms with van der Waals surface area (Å²) in [5, 5.41) is 0. The molecule has 94 valence electrons. The maximum absolute atomic E-state index is 12.1. The molecule has 0 N–H and O–H groups in total. The van der Waals surface area contributed by atoms with E-state index in [2.05, 4.69) is 0 Å². The lowest BCUT2D eigenvalue weighted by Gasteiger charge is -2.09. The number of para-hydroxylation sites is 1. The van der Waals surface area contributed by atoms with E-state index in [1.807, 2.05) is 0 Å². The molecule has 0 fully saturated rings. The molecule has 0 amide bonds. The first kappa shape index (κ1) is 12.3. The van der Waals surface area contributed by atoms with Crippen LogP contribution in [0, 0.1) is 0 Å². The second-order valence-corrected chi connectivity index (χ2v) is 3.52. The molecule has 0 radical (unpaired) electrons. The highest BCUT2D eigenvalue weighted by Gasteiger charge is 2.12. The Balaban J connectivity index is 2.29. The molecule has 0 atom stereocenters. The molecule has 0 bridgehead atoms. The van der Waals surface area contributed by atoms with Crippen LogP contribution in [-0.2, 0) is 0 Å². The molecular weight excluding hydrogens is 242 g/mol. The lowest BCUT2D eigenvalue weighted by atomic mass is 10.1. The van der Waals surface area contributed by atoms with Gasteiger partial charge in [0, 0.05) is 0 Å². The monoisotopic (exact) mass is 252 g/mol. The number of carbonyl (C=O) groups is 1. The molecule has 0 aliphatic heterocycles. The molecule has 1 heterocycles. The number of hydrogen-bond acceptors (Lipinski definition) is 3. The summed E-state index contributed by atoms with van der Waals surface area (Å²) in [7, 11) is 0. The lowest BCUT2D eigenvalue weighted by Crippen LogP contribution is -2.07. The molecule has 1 aromatic heterocycles. The molecule has 0 aliphatic carbocycles. The summed E-state index contributed by atoms with van der Waals surface area (Å²) < 4.78 is 34.5. The van der Waals surface area contributed by atoms with Crippen LogP contribution in [0.1, 0.15) is 10.6 Å². The predicted octanol–water partition coefficient (Wildman–Crippen LogP) is 3.40. The van der Waals surface area contributed by atoms with Crippen LogP contribution in [0.5, 0.6) is 5.75 Å². The van der Waals surface area contributed by atoms with Crippen LogP contribution >= 0.6 is 0 Å². The quantitative estimate of drug-likeness (QED) is 0.765. The van der Waals surface area contributed by atoms with Gasteiger partial charge in [-0.2, -0.15) is 0 Å². The topological polar surface area (TPSA) is 39.4 Å². The van der Waals surface area contributed by atoms with Gasteiger partial charge < -0.3 is 9.15 Å². The number of benzene rings is 1. The van der Waals surface area contributed by atoms with E-state index >= 15 is 0 Å². The van der Waals surface area contributed by atoms with Crippen molar-refractivity contribution in [2.24, 2.45) is 0 Å². The minimum absolute atomic E-state index is 0.175. The number of furan rings is 1. The summed E-state index contributed by atoms with van der Waals surface area (Å²) in [6, 6.07) is 9.75. The van der Waals surface area contributed by atoms with Gasteiger partial charge in [-0.3, -0.25) is 4.79 Å². The van der Waals surface area contributed by atoms with Crippen molar-refractivity contribution >= 4 is 6.29 Å². The first-order valence-electron chi connectivity index (χ1n) is 5.26. The van der Waals surface area contributed by atoms with Crippen molar-refractivity contribution in [1.29, 1.82) is 0 Å². The Bertz CT molecular complexity index is 535. The standard InChI is InChI=1S/C13H10F2O3/c14-13(15)8-17-11-4-2-1-3-10(11)12-6-5-9(7-16)18-12/h1-7,13H,8H2. The smallest absolute Gasteiger partial charge is 0.272 e. The van der Waals surface area contributed by atoms with E-state index in [-0.39, 0.29) is 5.76 Å². The lowest BCUT2D eigenvalue weighted by molar-refractivity contribution is 0.0821. The van der Waals surface area contributed by atoms with Gasteiger partial charge in [0.25, 0.3) is 6.43 Å². The van der Waals surface area contributed by atoms with E-state index in [0.717, 1.165) is 0 Å². The number of halogens is 2. The Morgan fingerprint density at radius 3 is 2.67 bits per heavy atom. The van der Waals surface area contributed by atoms with E-state index in [9.17, 15) is 13.6 Å². The van der Waals surface area contributed by atoms with Gasteiger partial charge in [0.2, 0.25) is 0 Å². The second-order valence-electron chi connectivity index (χ2n) is 3.52. The largest absolute Gasteiger partial charge is 0.487 e. The number of carbonyl (C=O) groups excluding carboxylic acids is 1. The molecule has 0 spiro atoms. The van der Waals surface area contributed by atoms with Gasteiger partial charge >= 0.3 is 0 Å². The molecule has 0 aliphatic rings. The maximum atomic E-state index is 12.1. The van der Waals surface area contributed by atoms with Crippen LogP contribution < -0.4 is 4.74 Å². The molecule has 1 aromatic carbocycles. The van der Waals surface area contributed by atoms with Gasteiger partial charge in [-0.25, -0.2) is 8.78 Å². The van der Waals surface area contributed by atoms with Gasteiger partial charge in [0.1, 0.15) is 18.1 Å². The third-order valence-electron chi connectivity index (χ3n) is 2.26. The predicted molar refractivity (Wildman–Crippen MR) is 61.0 cm³/mol. The van der Waals surface area contributed by atoms with Crippen molar-refractivity contribution in [3.8, 4) is 17.1 Å². The van der Waals surface area contributed by atoms with Crippen molar-refractivity contribution in [2.45, 2.75) is 6.43 Å². The fourth-order valence-electron chi connectivity index (χ4n) is 1.51. The van der Waals surface area contributed by atoms with E-state index in [1.54, 1.807) is 30.3 Å².